The van der Waals surface area contributed by atoms with Gasteiger partial charge < -0.3 is 3.07 Å². The van der Waals surface area contributed by atoms with E-state index >= 15 is 0 Å². The minimum atomic E-state index is 0.554. The number of unbranched alkanes of at least 4 members (excludes halogenated alkanes) is 6. The Morgan fingerprint density at radius 3 is 1.82 bits per heavy atom. The first kappa shape index (κ1) is 17.1. The van der Waals surface area contributed by atoms with Crippen LogP contribution in [0.5, 0.6) is 0 Å². The molecular formula is C15H27IO. The van der Waals surface area contributed by atoms with Gasteiger partial charge in [-0.15, -0.1) is 0 Å². The lowest BCUT2D eigenvalue weighted by Crippen LogP contribution is -1.98. The van der Waals surface area contributed by atoms with E-state index in [-0.39, 0.29) is 0 Å². The molecule has 0 radical (unpaired) electrons. The van der Waals surface area contributed by atoms with Crippen LogP contribution in [0.15, 0.2) is 0 Å². The molecule has 0 N–H and O–H groups in total. The van der Waals surface area contributed by atoms with Crippen molar-refractivity contribution in [3.63, 3.8) is 0 Å². The van der Waals surface area contributed by atoms with Gasteiger partial charge in [0.25, 0.3) is 0 Å². The molecule has 0 aromatic heterocycles. The molecule has 1 nitrogen and oxygen atoms in total. The Labute approximate surface area is 122 Å². The van der Waals surface area contributed by atoms with Gasteiger partial charge in [-0.25, -0.2) is 0 Å². The van der Waals surface area contributed by atoms with Gasteiger partial charge in [-0.2, -0.15) is 0 Å². The number of hydrogen-bond donors (Lipinski definition) is 0. The summed E-state index contributed by atoms with van der Waals surface area (Å²) in [6.45, 7) is 4.51. The molecule has 0 saturated heterocycles. The van der Waals surface area contributed by atoms with Gasteiger partial charge in [-0.3, -0.25) is 0 Å². The molecule has 0 fully saturated rings. The topological polar surface area (TPSA) is 9.23 Å². The molecule has 0 aromatic carbocycles. The fourth-order valence-corrected chi connectivity index (χ4v) is 2.16. The maximum atomic E-state index is 4.84. The molecule has 0 rings (SSSR count). The zero-order chi connectivity index (χ0) is 12.8. The smallest absolute Gasteiger partial charge is 0.207 e. The van der Waals surface area contributed by atoms with E-state index in [1.165, 1.54) is 64.2 Å². The predicted octanol–water partition coefficient (Wildman–Crippen LogP) is 5.87. The second kappa shape index (κ2) is 14.2. The zero-order valence-electron chi connectivity index (χ0n) is 11.4. The van der Waals surface area contributed by atoms with Crippen molar-refractivity contribution in [3.05, 3.63) is 0 Å². The summed E-state index contributed by atoms with van der Waals surface area (Å²) >= 11 is 1.85. The van der Waals surface area contributed by atoms with E-state index in [9.17, 15) is 0 Å². The molecule has 0 atom stereocenters. The van der Waals surface area contributed by atoms with Gasteiger partial charge in [-0.1, -0.05) is 71.1 Å². The average Bonchev–Trinajstić information content (AvgIpc) is 2.35. The van der Waals surface area contributed by atoms with Crippen LogP contribution in [0.3, 0.4) is 0 Å². The summed E-state index contributed by atoms with van der Waals surface area (Å²) in [5.74, 6) is 3.80. The van der Waals surface area contributed by atoms with E-state index in [1.807, 2.05) is 23.0 Å². The van der Waals surface area contributed by atoms with Gasteiger partial charge in [0.1, 0.15) is 6.11 Å². The van der Waals surface area contributed by atoms with Crippen LogP contribution in [0, 0.1) is 17.9 Å². The highest BCUT2D eigenvalue weighted by Gasteiger charge is 2.05. The fourth-order valence-electron chi connectivity index (χ4n) is 2.03. The first-order chi connectivity index (χ1) is 8.35. The van der Waals surface area contributed by atoms with E-state index in [1.54, 1.807) is 0 Å². The van der Waals surface area contributed by atoms with Gasteiger partial charge in [0.15, 0.2) is 0 Å². The fraction of sp³-hybridized carbons (Fsp3) is 0.867. The second-order valence-electron chi connectivity index (χ2n) is 4.72. The van der Waals surface area contributed by atoms with Crippen molar-refractivity contribution in [1.29, 1.82) is 0 Å². The summed E-state index contributed by atoms with van der Waals surface area (Å²) in [6, 6.07) is 0. The molecule has 100 valence electrons. The first-order valence-electron chi connectivity index (χ1n) is 7.13. The molecule has 0 unspecified atom stereocenters. The van der Waals surface area contributed by atoms with Gasteiger partial charge in [0, 0.05) is 5.92 Å². The van der Waals surface area contributed by atoms with Gasteiger partial charge >= 0.3 is 0 Å². The highest BCUT2D eigenvalue weighted by atomic mass is 127. The van der Waals surface area contributed by atoms with E-state index in [4.69, 9.17) is 3.07 Å². The summed E-state index contributed by atoms with van der Waals surface area (Å²) in [4.78, 5) is 0. The van der Waals surface area contributed by atoms with Crippen LogP contribution in [0.25, 0.3) is 0 Å². The minimum Gasteiger partial charge on any atom is -0.378 e. The molecule has 0 saturated carbocycles. The molecule has 0 aliphatic carbocycles. The van der Waals surface area contributed by atoms with Crippen LogP contribution < -0.4 is 0 Å². The van der Waals surface area contributed by atoms with Crippen LogP contribution in [0.2, 0.25) is 0 Å². The van der Waals surface area contributed by atoms with Crippen LogP contribution in [-0.2, 0) is 3.07 Å². The summed E-state index contributed by atoms with van der Waals surface area (Å²) in [7, 11) is 0. The average molecular weight is 350 g/mol. The molecule has 0 heterocycles. The Kier molecular flexibility index (Phi) is 14.2. The lowest BCUT2D eigenvalue weighted by atomic mass is 9.95. The van der Waals surface area contributed by atoms with Crippen molar-refractivity contribution in [3.8, 4) is 12.0 Å². The standard InChI is InChI=1S/C15H27IO/c1-3-5-7-9-11-15(13-14-17-16)12-10-8-6-4-2/h15H,3-12H2,1-2H3. The highest BCUT2D eigenvalue weighted by molar-refractivity contribution is 14.1. The van der Waals surface area contributed by atoms with Crippen molar-refractivity contribution < 1.29 is 3.07 Å². The van der Waals surface area contributed by atoms with Crippen LogP contribution in [0.1, 0.15) is 78.1 Å². The molecule has 0 aliphatic heterocycles. The van der Waals surface area contributed by atoms with Crippen molar-refractivity contribution >= 4 is 23.0 Å². The lowest BCUT2D eigenvalue weighted by molar-refractivity contribution is 0.482. The van der Waals surface area contributed by atoms with Crippen molar-refractivity contribution in [1.82, 2.24) is 0 Å². The Balaban J connectivity index is 3.72. The van der Waals surface area contributed by atoms with Gasteiger partial charge in [-0.05, 0) is 12.8 Å². The largest absolute Gasteiger partial charge is 0.378 e. The number of hydrogen-bond acceptors (Lipinski definition) is 1. The first-order valence-corrected chi connectivity index (χ1v) is 8.01. The Morgan fingerprint density at radius 2 is 1.41 bits per heavy atom. The van der Waals surface area contributed by atoms with Crippen molar-refractivity contribution in [2.75, 3.05) is 0 Å². The van der Waals surface area contributed by atoms with Crippen LogP contribution in [-0.4, -0.2) is 0 Å². The molecule has 0 bridgehead atoms. The maximum absolute atomic E-state index is 4.84. The minimum absolute atomic E-state index is 0.554. The molecule has 0 aromatic rings. The maximum Gasteiger partial charge on any atom is 0.207 e. The van der Waals surface area contributed by atoms with Crippen LogP contribution in [0.4, 0.5) is 0 Å². The normalized spacial score (nSPS) is 10.1. The molecule has 0 aliphatic rings. The Bertz CT molecular complexity index is 193. The number of rotatable bonds is 10. The Morgan fingerprint density at radius 1 is 0.882 bits per heavy atom. The van der Waals surface area contributed by atoms with E-state index in [2.05, 4.69) is 25.9 Å². The lowest BCUT2D eigenvalue weighted by Gasteiger charge is -2.09. The summed E-state index contributed by atoms with van der Waals surface area (Å²) in [6.07, 6.45) is 16.0. The summed E-state index contributed by atoms with van der Waals surface area (Å²) < 4.78 is 4.84. The predicted molar refractivity (Wildman–Crippen MR) is 83.9 cm³/mol. The SMILES string of the molecule is CCCCCCC(C#COI)CCCCCC. The van der Waals surface area contributed by atoms with Crippen molar-refractivity contribution in [2.24, 2.45) is 5.92 Å². The van der Waals surface area contributed by atoms with Crippen molar-refractivity contribution in [2.45, 2.75) is 78.1 Å². The quantitative estimate of drug-likeness (QED) is 0.272. The third kappa shape index (κ3) is 12.3. The van der Waals surface area contributed by atoms with Crippen LogP contribution >= 0.6 is 23.0 Å². The van der Waals surface area contributed by atoms with E-state index in [0.29, 0.717) is 5.92 Å². The van der Waals surface area contributed by atoms with Gasteiger partial charge in [0.05, 0.1) is 0 Å². The second-order valence-corrected chi connectivity index (χ2v) is 5.16. The molecule has 2 heteroatoms. The molecule has 0 spiro atoms. The third-order valence-electron chi connectivity index (χ3n) is 3.11. The highest BCUT2D eigenvalue weighted by Crippen LogP contribution is 2.17. The third-order valence-corrected chi connectivity index (χ3v) is 3.33. The molecular weight excluding hydrogens is 323 g/mol. The summed E-state index contributed by atoms with van der Waals surface area (Å²) in [5.41, 5.74) is 0. The van der Waals surface area contributed by atoms with E-state index < -0.39 is 0 Å². The molecule has 17 heavy (non-hydrogen) atoms. The van der Waals surface area contributed by atoms with E-state index in [0.717, 1.165) is 0 Å². The zero-order valence-corrected chi connectivity index (χ0v) is 13.6. The Hall–Kier alpha value is 0.0900. The summed E-state index contributed by atoms with van der Waals surface area (Å²) in [5, 5.41) is 0. The van der Waals surface area contributed by atoms with Gasteiger partial charge in [0.2, 0.25) is 23.0 Å². The number of halogens is 1. The molecule has 0 amide bonds. The monoisotopic (exact) mass is 350 g/mol.